The summed E-state index contributed by atoms with van der Waals surface area (Å²) in [7, 11) is 1.42. The van der Waals surface area contributed by atoms with Crippen molar-refractivity contribution in [1.82, 2.24) is 10.2 Å². The van der Waals surface area contributed by atoms with Crippen molar-refractivity contribution in [3.05, 3.63) is 53.6 Å². The van der Waals surface area contributed by atoms with Crippen LogP contribution in [-0.4, -0.2) is 50.1 Å². The number of halogens is 3. The maximum Gasteiger partial charge on any atom is 0.416 e. The molecule has 1 aliphatic rings. The summed E-state index contributed by atoms with van der Waals surface area (Å²) in [5, 5.41) is 7.89. The number of benzene rings is 2. The number of alkyl halides is 3. The van der Waals surface area contributed by atoms with Gasteiger partial charge in [-0.05, 0) is 62.3 Å². The average molecular weight is 450 g/mol. The van der Waals surface area contributed by atoms with Crippen LogP contribution in [0.2, 0.25) is 0 Å². The number of nitrogens with zero attached hydrogens (tertiary/aromatic N) is 1. The Hall–Kier alpha value is -3.27. The summed E-state index contributed by atoms with van der Waals surface area (Å²) in [6.45, 7) is 3.41. The van der Waals surface area contributed by atoms with Crippen molar-refractivity contribution in [1.29, 1.82) is 0 Å². The lowest BCUT2D eigenvalue weighted by atomic mass is 10.1. The molecule has 2 aromatic carbocycles. The lowest BCUT2D eigenvalue weighted by molar-refractivity contribution is -0.137. The number of anilines is 2. The third-order valence-electron chi connectivity index (χ3n) is 5.09. The largest absolute Gasteiger partial charge is 0.496 e. The molecule has 0 radical (unpaired) electrons. The second-order valence-electron chi connectivity index (χ2n) is 7.37. The van der Waals surface area contributed by atoms with Crippen LogP contribution < -0.4 is 20.7 Å². The monoisotopic (exact) mass is 450 g/mol. The molecule has 0 aromatic heterocycles. The predicted molar refractivity (Wildman–Crippen MR) is 115 cm³/mol. The van der Waals surface area contributed by atoms with Crippen LogP contribution in [0.4, 0.5) is 29.3 Å². The normalized spacial score (nSPS) is 14.1. The third kappa shape index (κ3) is 6.36. The summed E-state index contributed by atoms with van der Waals surface area (Å²) >= 11 is 0. The molecule has 32 heavy (non-hydrogen) atoms. The van der Waals surface area contributed by atoms with Gasteiger partial charge in [-0.1, -0.05) is 0 Å². The van der Waals surface area contributed by atoms with Crippen LogP contribution >= 0.6 is 0 Å². The van der Waals surface area contributed by atoms with E-state index >= 15 is 0 Å². The zero-order valence-electron chi connectivity index (χ0n) is 17.6. The molecule has 1 saturated heterocycles. The minimum atomic E-state index is -4.44. The Kier molecular flexibility index (Phi) is 7.57. The molecule has 0 unspecified atom stereocenters. The summed E-state index contributed by atoms with van der Waals surface area (Å²) in [4.78, 5) is 27.0. The Morgan fingerprint density at radius 1 is 1.00 bits per heavy atom. The van der Waals surface area contributed by atoms with E-state index < -0.39 is 17.8 Å². The number of methoxy groups -OCH3 is 1. The fourth-order valence-electron chi connectivity index (χ4n) is 3.42. The van der Waals surface area contributed by atoms with Crippen molar-refractivity contribution in [2.24, 2.45) is 0 Å². The number of hydrogen-bond acceptors (Lipinski definition) is 4. The molecule has 1 aliphatic heterocycles. The van der Waals surface area contributed by atoms with Gasteiger partial charge in [0.1, 0.15) is 5.75 Å². The van der Waals surface area contributed by atoms with E-state index in [1.54, 1.807) is 6.07 Å². The Morgan fingerprint density at radius 2 is 1.62 bits per heavy atom. The Bertz CT molecular complexity index is 942. The summed E-state index contributed by atoms with van der Waals surface area (Å²) < 4.78 is 43.2. The van der Waals surface area contributed by atoms with Crippen LogP contribution in [0.1, 0.15) is 28.8 Å². The number of urea groups is 1. The third-order valence-corrected chi connectivity index (χ3v) is 5.09. The first-order chi connectivity index (χ1) is 15.3. The second-order valence-corrected chi connectivity index (χ2v) is 7.37. The van der Waals surface area contributed by atoms with Crippen LogP contribution in [0.3, 0.4) is 0 Å². The molecule has 7 nitrogen and oxygen atoms in total. The highest BCUT2D eigenvalue weighted by Gasteiger charge is 2.30. The maximum absolute atomic E-state index is 12.6. The van der Waals surface area contributed by atoms with E-state index in [-0.39, 0.29) is 17.3 Å². The summed E-state index contributed by atoms with van der Waals surface area (Å²) in [5.41, 5.74) is 0.0986. The summed E-state index contributed by atoms with van der Waals surface area (Å²) in [6, 6.07) is 8.04. The molecule has 0 spiro atoms. The highest BCUT2D eigenvalue weighted by atomic mass is 19.4. The Labute approximate surface area is 183 Å². The van der Waals surface area contributed by atoms with Gasteiger partial charge < -0.3 is 25.6 Å². The van der Waals surface area contributed by atoms with Crippen molar-refractivity contribution in [3.8, 4) is 5.75 Å². The van der Waals surface area contributed by atoms with E-state index in [0.717, 1.165) is 31.8 Å². The van der Waals surface area contributed by atoms with Crippen molar-refractivity contribution in [3.63, 3.8) is 0 Å². The van der Waals surface area contributed by atoms with E-state index in [4.69, 9.17) is 4.74 Å². The van der Waals surface area contributed by atoms with Crippen LogP contribution in [0.25, 0.3) is 0 Å². The molecular formula is C22H25F3N4O3. The molecular weight excluding hydrogens is 425 g/mol. The minimum absolute atomic E-state index is 0.205. The van der Waals surface area contributed by atoms with Gasteiger partial charge >= 0.3 is 12.2 Å². The van der Waals surface area contributed by atoms with E-state index in [9.17, 15) is 22.8 Å². The molecule has 2 aromatic rings. The molecule has 0 saturated carbocycles. The summed E-state index contributed by atoms with van der Waals surface area (Å²) in [5.74, 6) is 0.0119. The average Bonchev–Trinajstić information content (AvgIpc) is 3.26. The zero-order valence-corrected chi connectivity index (χ0v) is 17.6. The van der Waals surface area contributed by atoms with Gasteiger partial charge in [-0.25, -0.2) is 4.79 Å². The number of likely N-dealkylation sites (tertiary alicyclic amines) is 1. The lowest BCUT2D eigenvalue weighted by Gasteiger charge is -2.16. The van der Waals surface area contributed by atoms with Crippen LogP contribution in [-0.2, 0) is 6.18 Å². The molecule has 1 fully saturated rings. The van der Waals surface area contributed by atoms with Gasteiger partial charge in [0, 0.05) is 30.5 Å². The number of rotatable bonds is 7. The molecule has 3 rings (SSSR count). The molecule has 0 aliphatic carbocycles. The topological polar surface area (TPSA) is 82.7 Å². The van der Waals surface area contributed by atoms with E-state index in [2.05, 4.69) is 20.9 Å². The molecule has 3 N–H and O–H groups in total. The smallest absolute Gasteiger partial charge is 0.416 e. The van der Waals surface area contributed by atoms with Crippen molar-refractivity contribution in [2.45, 2.75) is 19.0 Å². The molecule has 172 valence electrons. The van der Waals surface area contributed by atoms with Crippen molar-refractivity contribution >= 4 is 23.3 Å². The van der Waals surface area contributed by atoms with Crippen molar-refractivity contribution < 1.29 is 27.5 Å². The van der Waals surface area contributed by atoms with Gasteiger partial charge in [-0.15, -0.1) is 0 Å². The van der Waals surface area contributed by atoms with Gasteiger partial charge in [0.25, 0.3) is 5.91 Å². The SMILES string of the molecule is COc1cc(NC(=O)Nc2ccc(C(F)(F)F)cc2)ccc1C(=O)NCCN1CCCC1. The number of carbonyl (C=O) groups is 2. The Morgan fingerprint density at radius 3 is 2.25 bits per heavy atom. The second kappa shape index (κ2) is 10.4. The van der Waals surface area contributed by atoms with Gasteiger partial charge in [-0.2, -0.15) is 13.2 Å². The Balaban J connectivity index is 1.56. The first-order valence-corrected chi connectivity index (χ1v) is 10.2. The molecule has 0 atom stereocenters. The number of carbonyl (C=O) groups excluding carboxylic acids is 2. The van der Waals surface area contributed by atoms with Crippen LogP contribution in [0, 0.1) is 0 Å². The highest BCUT2D eigenvalue weighted by molar-refractivity contribution is 6.01. The molecule has 3 amide bonds. The molecule has 10 heteroatoms. The highest BCUT2D eigenvalue weighted by Crippen LogP contribution is 2.30. The summed E-state index contributed by atoms with van der Waals surface area (Å²) in [6.07, 6.45) is -2.08. The number of amides is 3. The number of nitrogens with one attached hydrogen (secondary N) is 3. The minimum Gasteiger partial charge on any atom is -0.496 e. The fourth-order valence-corrected chi connectivity index (χ4v) is 3.42. The number of ether oxygens (including phenoxy) is 1. The van der Waals surface area contributed by atoms with E-state index in [0.29, 0.717) is 17.8 Å². The lowest BCUT2D eigenvalue weighted by Crippen LogP contribution is -2.33. The molecule has 0 bridgehead atoms. The maximum atomic E-state index is 12.6. The predicted octanol–water partition coefficient (Wildman–Crippen LogP) is 4.18. The van der Waals surface area contributed by atoms with Crippen LogP contribution in [0.5, 0.6) is 5.75 Å². The van der Waals surface area contributed by atoms with Gasteiger partial charge in [-0.3, -0.25) is 4.79 Å². The first kappa shape index (κ1) is 23.4. The van der Waals surface area contributed by atoms with E-state index in [1.807, 2.05) is 0 Å². The van der Waals surface area contributed by atoms with Gasteiger partial charge in [0.15, 0.2) is 0 Å². The van der Waals surface area contributed by atoms with Crippen molar-refractivity contribution in [2.75, 3.05) is 43.9 Å². The first-order valence-electron chi connectivity index (χ1n) is 10.2. The fraction of sp³-hybridized carbons (Fsp3) is 0.364. The van der Waals surface area contributed by atoms with Gasteiger partial charge in [0.2, 0.25) is 0 Å². The quantitative estimate of drug-likeness (QED) is 0.591. The number of hydrogen-bond donors (Lipinski definition) is 3. The van der Waals surface area contributed by atoms with Gasteiger partial charge in [0.05, 0.1) is 18.2 Å². The van der Waals surface area contributed by atoms with E-state index in [1.165, 1.54) is 44.2 Å². The zero-order chi connectivity index (χ0) is 23.1. The van der Waals surface area contributed by atoms with Crippen LogP contribution in [0.15, 0.2) is 42.5 Å². The standard InChI is InChI=1S/C22H25F3N4O3/c1-32-19-14-17(8-9-18(19)20(30)26-10-13-29-11-2-3-12-29)28-21(31)27-16-6-4-15(5-7-16)22(23,24)25/h4-9,14H,2-3,10-13H2,1H3,(H,26,30)(H2,27,28,31). The molecule has 1 heterocycles.